The molecule has 4 heteroatoms. The first-order valence-corrected chi connectivity index (χ1v) is 6.71. The molecule has 1 rings (SSSR count). The molecule has 0 aliphatic carbocycles. The van der Waals surface area contributed by atoms with Gasteiger partial charge < -0.3 is 10.2 Å². The van der Waals surface area contributed by atoms with E-state index in [9.17, 15) is 0 Å². The van der Waals surface area contributed by atoms with Gasteiger partial charge in [0.25, 0.3) is 0 Å². The quantitative estimate of drug-likeness (QED) is 0.806. The summed E-state index contributed by atoms with van der Waals surface area (Å²) in [6.45, 7) is 11.6. The van der Waals surface area contributed by atoms with Gasteiger partial charge in [-0.2, -0.15) is 0 Å². The third-order valence-corrected chi connectivity index (χ3v) is 2.56. The molecule has 0 atom stereocenters. The second-order valence-electron chi connectivity index (χ2n) is 5.67. The summed E-state index contributed by atoms with van der Waals surface area (Å²) in [6.07, 6.45) is 3.66. The third-order valence-electron chi connectivity index (χ3n) is 2.56. The summed E-state index contributed by atoms with van der Waals surface area (Å²) in [5.41, 5.74) is 1.00. The van der Waals surface area contributed by atoms with Crippen LogP contribution < -0.4 is 10.2 Å². The molecule has 0 fully saturated rings. The highest BCUT2D eigenvalue weighted by Crippen LogP contribution is 2.09. The summed E-state index contributed by atoms with van der Waals surface area (Å²) in [5, 5.41) is 3.39. The molecule has 0 spiro atoms. The molecule has 0 bridgehead atoms. The number of hydrogen-bond donors (Lipinski definition) is 1. The minimum Gasteiger partial charge on any atom is -0.358 e. The van der Waals surface area contributed by atoms with E-state index in [2.05, 4.69) is 54.9 Å². The summed E-state index contributed by atoms with van der Waals surface area (Å²) < 4.78 is 0. The highest BCUT2D eigenvalue weighted by Gasteiger charge is 2.06. The Hall–Kier alpha value is -1.16. The van der Waals surface area contributed by atoms with Crippen LogP contribution in [0.15, 0.2) is 12.4 Å². The predicted octanol–water partition coefficient (Wildman–Crippen LogP) is 2.31. The van der Waals surface area contributed by atoms with Gasteiger partial charge in [-0.25, -0.2) is 4.98 Å². The van der Waals surface area contributed by atoms with Gasteiger partial charge in [-0.15, -0.1) is 0 Å². The first-order valence-electron chi connectivity index (χ1n) is 6.71. The average molecular weight is 250 g/mol. The van der Waals surface area contributed by atoms with E-state index in [1.807, 2.05) is 12.4 Å². The lowest BCUT2D eigenvalue weighted by Crippen LogP contribution is -2.25. The smallest absolute Gasteiger partial charge is 0.147 e. The monoisotopic (exact) mass is 250 g/mol. The van der Waals surface area contributed by atoms with Crippen LogP contribution in [0.3, 0.4) is 0 Å². The molecule has 1 aromatic heterocycles. The Kier molecular flexibility index (Phi) is 6.05. The summed E-state index contributed by atoms with van der Waals surface area (Å²) in [6, 6.07) is 0. The lowest BCUT2D eigenvalue weighted by atomic mass is 10.2. The zero-order valence-corrected chi connectivity index (χ0v) is 12.3. The summed E-state index contributed by atoms with van der Waals surface area (Å²) >= 11 is 0. The van der Waals surface area contributed by atoms with Crippen LogP contribution in [0.5, 0.6) is 0 Å². The van der Waals surface area contributed by atoms with E-state index < -0.39 is 0 Å². The normalized spacial score (nSPS) is 11.3. The number of nitrogens with zero attached hydrogens (tertiary/aromatic N) is 3. The standard InChI is InChI=1S/C14H26N4/c1-11(2)6-15-7-13-8-16-9-14(17-13)18(5)10-12(3)4/h8-9,11-12,15H,6-7,10H2,1-5H3. The second kappa shape index (κ2) is 7.31. The molecule has 0 saturated carbocycles. The van der Waals surface area contributed by atoms with Crippen LogP contribution in [0.25, 0.3) is 0 Å². The van der Waals surface area contributed by atoms with Gasteiger partial charge in [-0.1, -0.05) is 27.7 Å². The molecular formula is C14H26N4. The van der Waals surface area contributed by atoms with Gasteiger partial charge in [0.15, 0.2) is 0 Å². The number of anilines is 1. The fraction of sp³-hybridized carbons (Fsp3) is 0.714. The Bertz CT molecular complexity index is 349. The lowest BCUT2D eigenvalue weighted by molar-refractivity contribution is 0.547. The molecule has 4 nitrogen and oxygen atoms in total. The van der Waals surface area contributed by atoms with E-state index in [-0.39, 0.29) is 0 Å². The van der Waals surface area contributed by atoms with Gasteiger partial charge in [-0.3, -0.25) is 4.98 Å². The van der Waals surface area contributed by atoms with Crippen LogP contribution in [0, 0.1) is 11.8 Å². The van der Waals surface area contributed by atoms with E-state index in [0.717, 1.165) is 31.1 Å². The summed E-state index contributed by atoms with van der Waals surface area (Å²) in [5.74, 6) is 2.23. The fourth-order valence-electron chi connectivity index (χ4n) is 1.79. The van der Waals surface area contributed by atoms with Gasteiger partial charge in [-0.05, 0) is 18.4 Å². The van der Waals surface area contributed by atoms with Crippen molar-refractivity contribution in [1.82, 2.24) is 15.3 Å². The largest absolute Gasteiger partial charge is 0.358 e. The Labute approximate surface area is 111 Å². The fourth-order valence-corrected chi connectivity index (χ4v) is 1.79. The van der Waals surface area contributed by atoms with Crippen molar-refractivity contribution in [3.8, 4) is 0 Å². The van der Waals surface area contributed by atoms with E-state index in [1.165, 1.54) is 0 Å². The van der Waals surface area contributed by atoms with Crippen molar-refractivity contribution in [1.29, 1.82) is 0 Å². The average Bonchev–Trinajstić information content (AvgIpc) is 2.28. The van der Waals surface area contributed by atoms with Crippen LogP contribution in [0.2, 0.25) is 0 Å². The van der Waals surface area contributed by atoms with Crippen molar-refractivity contribution >= 4 is 5.82 Å². The topological polar surface area (TPSA) is 41.1 Å². The second-order valence-corrected chi connectivity index (χ2v) is 5.67. The highest BCUT2D eigenvalue weighted by atomic mass is 15.2. The Morgan fingerprint density at radius 3 is 2.50 bits per heavy atom. The van der Waals surface area contributed by atoms with Gasteiger partial charge in [0.05, 0.1) is 11.9 Å². The maximum Gasteiger partial charge on any atom is 0.147 e. The van der Waals surface area contributed by atoms with Crippen molar-refractivity contribution in [3.05, 3.63) is 18.1 Å². The Balaban J connectivity index is 2.56. The molecule has 1 aromatic rings. The van der Waals surface area contributed by atoms with Crippen LogP contribution in [-0.2, 0) is 6.54 Å². The third kappa shape index (κ3) is 5.45. The first kappa shape index (κ1) is 14.9. The maximum atomic E-state index is 4.62. The molecule has 0 aromatic carbocycles. The van der Waals surface area contributed by atoms with Crippen LogP contribution in [0.1, 0.15) is 33.4 Å². The Morgan fingerprint density at radius 1 is 1.17 bits per heavy atom. The molecule has 0 saturated heterocycles. The van der Waals surface area contributed by atoms with E-state index in [1.54, 1.807) is 0 Å². The minimum atomic E-state index is 0.625. The molecule has 0 aliphatic heterocycles. The molecular weight excluding hydrogens is 224 g/mol. The van der Waals surface area contributed by atoms with Crippen LogP contribution >= 0.6 is 0 Å². The van der Waals surface area contributed by atoms with Gasteiger partial charge in [0, 0.05) is 26.3 Å². The SMILES string of the molecule is CC(C)CNCc1cncc(N(C)CC(C)C)n1. The van der Waals surface area contributed by atoms with Crippen molar-refractivity contribution in [3.63, 3.8) is 0 Å². The molecule has 1 N–H and O–H groups in total. The van der Waals surface area contributed by atoms with Crippen LogP contribution in [0.4, 0.5) is 5.82 Å². The Morgan fingerprint density at radius 2 is 1.89 bits per heavy atom. The maximum absolute atomic E-state index is 4.62. The van der Waals surface area contributed by atoms with Crippen molar-refractivity contribution < 1.29 is 0 Å². The van der Waals surface area contributed by atoms with Crippen molar-refractivity contribution in [2.24, 2.45) is 11.8 Å². The lowest BCUT2D eigenvalue weighted by Gasteiger charge is -2.20. The zero-order chi connectivity index (χ0) is 13.5. The summed E-state index contributed by atoms with van der Waals surface area (Å²) in [7, 11) is 2.06. The number of aromatic nitrogens is 2. The highest BCUT2D eigenvalue weighted by molar-refractivity contribution is 5.35. The summed E-state index contributed by atoms with van der Waals surface area (Å²) in [4.78, 5) is 11.0. The van der Waals surface area contributed by atoms with Crippen molar-refractivity contribution in [2.45, 2.75) is 34.2 Å². The van der Waals surface area contributed by atoms with Gasteiger partial charge in [0.1, 0.15) is 5.82 Å². The number of hydrogen-bond acceptors (Lipinski definition) is 4. The molecule has 1 heterocycles. The van der Waals surface area contributed by atoms with Crippen LogP contribution in [-0.4, -0.2) is 30.1 Å². The van der Waals surface area contributed by atoms with Crippen molar-refractivity contribution in [2.75, 3.05) is 25.0 Å². The predicted molar refractivity (Wildman–Crippen MR) is 76.7 cm³/mol. The molecule has 0 radical (unpaired) electrons. The zero-order valence-electron chi connectivity index (χ0n) is 12.3. The van der Waals surface area contributed by atoms with E-state index >= 15 is 0 Å². The minimum absolute atomic E-state index is 0.625. The van der Waals surface area contributed by atoms with Gasteiger partial charge >= 0.3 is 0 Å². The molecule has 0 aliphatic rings. The van der Waals surface area contributed by atoms with E-state index in [0.29, 0.717) is 11.8 Å². The van der Waals surface area contributed by atoms with E-state index in [4.69, 9.17) is 0 Å². The number of nitrogens with one attached hydrogen (secondary N) is 1. The number of rotatable bonds is 7. The van der Waals surface area contributed by atoms with Gasteiger partial charge in [0.2, 0.25) is 0 Å². The first-order chi connectivity index (χ1) is 8.49. The molecule has 0 amide bonds. The molecule has 0 unspecified atom stereocenters. The molecule has 102 valence electrons. The molecule has 18 heavy (non-hydrogen) atoms.